The molecule has 3 aromatic rings. The van der Waals surface area contributed by atoms with E-state index in [9.17, 15) is 18.3 Å². The van der Waals surface area contributed by atoms with Crippen molar-refractivity contribution in [3.63, 3.8) is 0 Å². The molecular weight excluding hydrogens is 392 g/mol. The molecule has 0 aliphatic rings. The third-order valence-electron chi connectivity index (χ3n) is 4.78. The number of hydrogen-bond donors (Lipinski definition) is 2. The summed E-state index contributed by atoms with van der Waals surface area (Å²) >= 11 is 0. The van der Waals surface area contributed by atoms with Crippen LogP contribution in [0.3, 0.4) is 0 Å². The molecule has 3 rings (SSSR count). The van der Waals surface area contributed by atoms with Crippen molar-refractivity contribution >= 4 is 20.9 Å². The van der Waals surface area contributed by atoms with Gasteiger partial charge in [-0.1, -0.05) is 6.07 Å². The first-order valence-corrected chi connectivity index (χ1v) is 10.6. The highest BCUT2D eigenvalue weighted by Gasteiger charge is 2.25. The molecule has 0 saturated heterocycles. The van der Waals surface area contributed by atoms with E-state index in [0.717, 1.165) is 20.8 Å². The smallest absolute Gasteiger partial charge is 0.252 e. The number of nitrogens with zero attached hydrogens (tertiary/aromatic N) is 1. The Labute approximate surface area is 169 Å². The van der Waals surface area contributed by atoms with Gasteiger partial charge in [-0.3, -0.25) is 4.79 Å². The molecule has 0 fully saturated rings. The van der Waals surface area contributed by atoms with Gasteiger partial charge in [0.05, 0.1) is 18.6 Å². The SMILES string of the molecule is COc1ccc(S(=O)(=O)N(CCO)Cc2cc3c(C)cc(C)cc3[nH]c2=O)cc1. The first-order chi connectivity index (χ1) is 13.8. The summed E-state index contributed by atoms with van der Waals surface area (Å²) in [5, 5.41) is 10.3. The van der Waals surface area contributed by atoms with E-state index in [0.29, 0.717) is 16.8 Å². The molecule has 0 radical (unpaired) electrons. The van der Waals surface area contributed by atoms with E-state index in [1.807, 2.05) is 26.0 Å². The van der Waals surface area contributed by atoms with Crippen molar-refractivity contribution in [2.45, 2.75) is 25.3 Å². The zero-order valence-electron chi connectivity index (χ0n) is 16.6. The van der Waals surface area contributed by atoms with Crippen LogP contribution < -0.4 is 10.3 Å². The van der Waals surface area contributed by atoms with Gasteiger partial charge in [-0.15, -0.1) is 0 Å². The molecule has 7 nitrogen and oxygen atoms in total. The van der Waals surface area contributed by atoms with Crippen LogP contribution in [0.1, 0.15) is 16.7 Å². The van der Waals surface area contributed by atoms with Crippen molar-refractivity contribution in [1.82, 2.24) is 9.29 Å². The number of H-pyrrole nitrogens is 1. The van der Waals surface area contributed by atoms with Crippen molar-refractivity contribution in [3.05, 3.63) is 69.5 Å². The van der Waals surface area contributed by atoms with Crippen LogP contribution in [0.25, 0.3) is 10.9 Å². The molecule has 8 heteroatoms. The van der Waals surface area contributed by atoms with Crippen molar-refractivity contribution in [2.75, 3.05) is 20.3 Å². The Morgan fingerprint density at radius 1 is 1.10 bits per heavy atom. The number of sulfonamides is 1. The number of aryl methyl sites for hydroxylation is 2. The number of aromatic amines is 1. The minimum Gasteiger partial charge on any atom is -0.497 e. The molecule has 0 spiro atoms. The molecule has 1 heterocycles. The average molecular weight is 416 g/mol. The first-order valence-electron chi connectivity index (χ1n) is 9.14. The number of benzene rings is 2. The van der Waals surface area contributed by atoms with E-state index < -0.39 is 10.0 Å². The Balaban J connectivity index is 2.02. The highest BCUT2D eigenvalue weighted by Crippen LogP contribution is 2.22. The van der Waals surface area contributed by atoms with Crippen LogP contribution >= 0.6 is 0 Å². The van der Waals surface area contributed by atoms with Crippen LogP contribution in [0.2, 0.25) is 0 Å². The largest absolute Gasteiger partial charge is 0.497 e. The van der Waals surface area contributed by atoms with Crippen molar-refractivity contribution < 1.29 is 18.3 Å². The summed E-state index contributed by atoms with van der Waals surface area (Å²) in [6.45, 7) is 3.26. The van der Waals surface area contributed by atoms with Crippen LogP contribution in [-0.4, -0.2) is 43.1 Å². The van der Waals surface area contributed by atoms with Gasteiger partial charge in [0.1, 0.15) is 5.75 Å². The molecule has 0 atom stereocenters. The zero-order chi connectivity index (χ0) is 21.2. The fourth-order valence-corrected chi connectivity index (χ4v) is 4.73. The topological polar surface area (TPSA) is 99.7 Å². The number of aromatic nitrogens is 1. The predicted molar refractivity (Wildman–Crippen MR) is 112 cm³/mol. The van der Waals surface area contributed by atoms with Gasteiger partial charge in [0.2, 0.25) is 10.0 Å². The van der Waals surface area contributed by atoms with E-state index >= 15 is 0 Å². The number of methoxy groups -OCH3 is 1. The fraction of sp³-hybridized carbons (Fsp3) is 0.286. The molecule has 2 N–H and O–H groups in total. The number of aliphatic hydroxyl groups is 1. The highest BCUT2D eigenvalue weighted by atomic mass is 32.2. The number of fused-ring (bicyclic) bond motifs is 1. The summed E-state index contributed by atoms with van der Waals surface area (Å²) in [4.78, 5) is 15.5. The Hall–Kier alpha value is -2.68. The Bertz CT molecular complexity index is 1180. The van der Waals surface area contributed by atoms with Crippen LogP contribution in [-0.2, 0) is 16.6 Å². The summed E-state index contributed by atoms with van der Waals surface area (Å²) in [5.41, 5.74) is 2.69. The van der Waals surface area contributed by atoms with Gasteiger partial charge >= 0.3 is 0 Å². The molecule has 0 aliphatic carbocycles. The maximum Gasteiger partial charge on any atom is 0.252 e. The summed E-state index contributed by atoms with van der Waals surface area (Å²) in [6.07, 6.45) is 0. The summed E-state index contributed by atoms with van der Waals surface area (Å²) in [6, 6.07) is 11.6. The number of nitrogens with one attached hydrogen (secondary N) is 1. The molecular formula is C21H24N2O5S. The molecule has 0 unspecified atom stereocenters. The first kappa shape index (κ1) is 21.0. The van der Waals surface area contributed by atoms with Crippen LogP contribution in [0, 0.1) is 13.8 Å². The third kappa shape index (κ3) is 4.34. The lowest BCUT2D eigenvalue weighted by Gasteiger charge is -2.21. The summed E-state index contributed by atoms with van der Waals surface area (Å²) < 4.78 is 32.3. The van der Waals surface area contributed by atoms with E-state index in [1.54, 1.807) is 18.2 Å². The summed E-state index contributed by atoms with van der Waals surface area (Å²) in [7, 11) is -2.41. The molecule has 0 saturated carbocycles. The second kappa shape index (κ2) is 8.36. The van der Waals surface area contributed by atoms with Crippen LogP contribution in [0.4, 0.5) is 0 Å². The minimum atomic E-state index is -3.91. The Morgan fingerprint density at radius 2 is 1.79 bits per heavy atom. The molecule has 0 aliphatic heterocycles. The molecule has 0 bridgehead atoms. The zero-order valence-corrected chi connectivity index (χ0v) is 17.4. The predicted octanol–water partition coefficient (Wildman–Crippen LogP) is 2.34. The monoisotopic (exact) mass is 416 g/mol. The molecule has 154 valence electrons. The number of rotatable bonds is 7. The van der Waals surface area contributed by atoms with Gasteiger partial charge in [0.15, 0.2) is 0 Å². The number of hydrogen-bond acceptors (Lipinski definition) is 5. The van der Waals surface area contributed by atoms with Gasteiger partial charge in [0.25, 0.3) is 5.56 Å². The second-order valence-corrected chi connectivity index (χ2v) is 8.84. The fourth-order valence-electron chi connectivity index (χ4n) is 3.32. The van der Waals surface area contributed by atoms with Gasteiger partial charge in [-0.25, -0.2) is 8.42 Å². The molecule has 1 aromatic heterocycles. The van der Waals surface area contributed by atoms with Crippen LogP contribution in [0.5, 0.6) is 5.75 Å². The van der Waals surface area contributed by atoms with Gasteiger partial charge < -0.3 is 14.8 Å². The quantitative estimate of drug-likeness (QED) is 0.616. The Morgan fingerprint density at radius 3 is 2.41 bits per heavy atom. The van der Waals surface area contributed by atoms with E-state index in [1.165, 1.54) is 19.2 Å². The van der Waals surface area contributed by atoms with Gasteiger partial charge in [-0.2, -0.15) is 4.31 Å². The average Bonchev–Trinajstić information content (AvgIpc) is 2.68. The van der Waals surface area contributed by atoms with Gasteiger partial charge in [-0.05, 0) is 61.4 Å². The highest BCUT2D eigenvalue weighted by molar-refractivity contribution is 7.89. The molecule has 2 aromatic carbocycles. The molecule has 0 amide bonds. The van der Waals surface area contributed by atoms with Crippen molar-refractivity contribution in [2.24, 2.45) is 0 Å². The Kier molecular flexibility index (Phi) is 6.07. The van der Waals surface area contributed by atoms with E-state index in [4.69, 9.17) is 4.74 Å². The standard InChI is InChI=1S/C21H24N2O5S/c1-14-10-15(2)19-12-16(21(25)22-20(19)11-14)13-23(8-9-24)29(26,27)18-6-4-17(28-3)5-7-18/h4-7,10-12,24H,8-9,13H2,1-3H3,(H,22,25). The maximum absolute atomic E-state index is 13.1. The van der Waals surface area contributed by atoms with Crippen molar-refractivity contribution in [1.29, 1.82) is 0 Å². The lowest BCUT2D eigenvalue weighted by molar-refractivity contribution is 0.251. The number of ether oxygens (including phenoxy) is 1. The van der Waals surface area contributed by atoms with E-state index in [-0.39, 0.29) is 30.2 Å². The van der Waals surface area contributed by atoms with Crippen molar-refractivity contribution in [3.8, 4) is 5.75 Å². The molecule has 29 heavy (non-hydrogen) atoms. The third-order valence-corrected chi connectivity index (χ3v) is 6.64. The lowest BCUT2D eigenvalue weighted by Crippen LogP contribution is -2.35. The van der Waals surface area contributed by atoms with Gasteiger partial charge in [0, 0.05) is 29.6 Å². The van der Waals surface area contributed by atoms with E-state index in [2.05, 4.69) is 4.98 Å². The second-order valence-electron chi connectivity index (χ2n) is 6.90. The normalized spacial score (nSPS) is 11.9. The maximum atomic E-state index is 13.1. The summed E-state index contributed by atoms with van der Waals surface area (Å²) in [5.74, 6) is 0.536. The lowest BCUT2D eigenvalue weighted by atomic mass is 10.0. The number of aliphatic hydroxyl groups excluding tert-OH is 1. The number of pyridine rings is 1. The van der Waals surface area contributed by atoms with Crippen LogP contribution in [0.15, 0.2) is 52.2 Å². The minimum absolute atomic E-state index is 0.0655.